The van der Waals surface area contributed by atoms with Gasteiger partial charge in [0.25, 0.3) is 5.91 Å². The summed E-state index contributed by atoms with van der Waals surface area (Å²) in [6.45, 7) is 6.74. The van der Waals surface area contributed by atoms with Crippen LogP contribution in [0.2, 0.25) is 0 Å². The Kier molecular flexibility index (Phi) is 6.74. The smallest absolute Gasteiger partial charge is 0.295 e. The van der Waals surface area contributed by atoms with Crippen LogP contribution in [0, 0.1) is 13.8 Å². The van der Waals surface area contributed by atoms with Crippen molar-refractivity contribution in [2.75, 3.05) is 18.6 Å². The van der Waals surface area contributed by atoms with E-state index in [1.807, 2.05) is 62.4 Å². The zero-order chi connectivity index (χ0) is 26.1. The predicted octanol–water partition coefficient (Wildman–Crippen LogP) is 6.74. The zero-order valence-electron chi connectivity index (χ0n) is 21.7. The monoisotopic (exact) mass is 497 g/mol. The van der Waals surface area contributed by atoms with Crippen molar-refractivity contribution in [3.63, 3.8) is 0 Å². The van der Waals surface area contributed by atoms with E-state index >= 15 is 0 Å². The van der Waals surface area contributed by atoms with E-state index in [2.05, 4.69) is 6.92 Å². The zero-order valence-corrected chi connectivity index (χ0v) is 21.7. The molecule has 1 atom stereocenters. The molecule has 190 valence electrons. The van der Waals surface area contributed by atoms with Crippen molar-refractivity contribution in [3.8, 4) is 11.5 Å². The van der Waals surface area contributed by atoms with Gasteiger partial charge in [-0.3, -0.25) is 14.5 Å². The molecule has 1 aliphatic rings. The van der Waals surface area contributed by atoms with E-state index in [4.69, 9.17) is 13.9 Å². The molecular weight excluding hydrogens is 466 g/mol. The third kappa shape index (κ3) is 4.48. The molecule has 3 aromatic carbocycles. The first-order chi connectivity index (χ1) is 17.9. The molecule has 0 radical (unpaired) electrons. The van der Waals surface area contributed by atoms with E-state index in [0.717, 1.165) is 41.7 Å². The number of carbonyl (C=O) groups excluding carboxylic acids is 1. The largest absolute Gasteiger partial charge is 0.497 e. The molecule has 37 heavy (non-hydrogen) atoms. The molecule has 1 aromatic heterocycles. The molecule has 1 aliphatic heterocycles. The second kappa shape index (κ2) is 10.1. The van der Waals surface area contributed by atoms with Crippen molar-refractivity contribution in [1.29, 1.82) is 0 Å². The van der Waals surface area contributed by atoms with E-state index in [-0.39, 0.29) is 17.1 Å². The minimum absolute atomic E-state index is 0.0847. The number of rotatable bonds is 8. The maximum absolute atomic E-state index is 13.9. The van der Waals surface area contributed by atoms with Gasteiger partial charge in [0.1, 0.15) is 17.1 Å². The molecule has 6 nitrogen and oxygen atoms in total. The predicted molar refractivity (Wildman–Crippen MR) is 145 cm³/mol. The number of nitrogens with zero attached hydrogens (tertiary/aromatic N) is 1. The summed E-state index contributed by atoms with van der Waals surface area (Å²) in [4.78, 5) is 29.3. The van der Waals surface area contributed by atoms with E-state index in [1.165, 1.54) is 0 Å². The van der Waals surface area contributed by atoms with E-state index in [1.54, 1.807) is 24.1 Å². The first kappa shape index (κ1) is 24.6. The van der Waals surface area contributed by atoms with Gasteiger partial charge in [-0.15, -0.1) is 0 Å². The van der Waals surface area contributed by atoms with Crippen LogP contribution in [0.3, 0.4) is 0 Å². The van der Waals surface area contributed by atoms with Crippen LogP contribution in [0.4, 0.5) is 5.69 Å². The van der Waals surface area contributed by atoms with Crippen LogP contribution in [0.15, 0.2) is 69.9 Å². The van der Waals surface area contributed by atoms with Crippen molar-refractivity contribution in [2.45, 2.75) is 46.1 Å². The van der Waals surface area contributed by atoms with Gasteiger partial charge in [-0.2, -0.15) is 0 Å². The molecule has 6 heteroatoms. The van der Waals surface area contributed by atoms with Crippen LogP contribution in [-0.2, 0) is 0 Å². The molecule has 0 aliphatic carbocycles. The van der Waals surface area contributed by atoms with Gasteiger partial charge >= 0.3 is 0 Å². The number of methoxy groups -OCH3 is 1. The topological polar surface area (TPSA) is 69.0 Å². The van der Waals surface area contributed by atoms with Crippen LogP contribution < -0.4 is 19.8 Å². The van der Waals surface area contributed by atoms with Gasteiger partial charge in [0.05, 0.1) is 30.7 Å². The first-order valence-corrected chi connectivity index (χ1v) is 12.7. The summed E-state index contributed by atoms with van der Waals surface area (Å²) in [5.41, 5.74) is 4.04. The number of anilines is 1. The SMILES string of the molecule is CCCCCOc1ccc(C2c3c(oc4cc(C)c(C)cc4c3=O)C(=O)N2c2ccc(OC)cc2)cc1. The van der Waals surface area contributed by atoms with E-state index < -0.39 is 6.04 Å². The standard InChI is InChI=1S/C31H31NO5/c1-5-6-7-16-36-24-12-8-21(9-13-24)28-27-29(33)25-17-19(2)20(3)18-26(25)37-30(27)31(34)32(28)22-10-14-23(35-4)15-11-22/h8-15,17-18,28H,5-7,16H2,1-4H3. The second-order valence-corrected chi connectivity index (χ2v) is 9.51. The van der Waals surface area contributed by atoms with Crippen molar-refractivity contribution in [2.24, 2.45) is 0 Å². The number of hydrogen-bond acceptors (Lipinski definition) is 5. The van der Waals surface area contributed by atoms with Crippen LogP contribution in [-0.4, -0.2) is 19.6 Å². The molecule has 0 spiro atoms. The molecule has 4 aromatic rings. The van der Waals surface area contributed by atoms with Gasteiger partial charge in [-0.1, -0.05) is 31.9 Å². The molecule has 1 amide bonds. The number of ether oxygens (including phenoxy) is 2. The highest BCUT2D eigenvalue weighted by molar-refractivity contribution is 6.10. The molecule has 0 bridgehead atoms. The van der Waals surface area contributed by atoms with Crippen molar-refractivity contribution < 1.29 is 18.7 Å². The molecule has 2 heterocycles. The fourth-order valence-electron chi connectivity index (χ4n) is 4.84. The molecule has 0 fully saturated rings. The fraction of sp³-hybridized carbons (Fsp3) is 0.290. The number of unbranched alkanes of at least 4 members (excludes halogenated alkanes) is 2. The Hall–Kier alpha value is -4.06. The average Bonchev–Trinajstić information content (AvgIpc) is 3.20. The lowest BCUT2D eigenvalue weighted by atomic mass is 9.97. The highest BCUT2D eigenvalue weighted by Crippen LogP contribution is 2.42. The summed E-state index contributed by atoms with van der Waals surface area (Å²) < 4.78 is 17.3. The Balaban J connectivity index is 1.63. The third-order valence-corrected chi connectivity index (χ3v) is 7.05. The van der Waals surface area contributed by atoms with Crippen LogP contribution in [0.1, 0.15) is 65.0 Å². The van der Waals surface area contributed by atoms with Crippen molar-refractivity contribution in [1.82, 2.24) is 0 Å². The summed E-state index contributed by atoms with van der Waals surface area (Å²) >= 11 is 0. The first-order valence-electron chi connectivity index (χ1n) is 12.7. The van der Waals surface area contributed by atoms with Gasteiger partial charge in [0.2, 0.25) is 5.76 Å². The van der Waals surface area contributed by atoms with Crippen LogP contribution in [0.25, 0.3) is 11.0 Å². The molecule has 1 unspecified atom stereocenters. The number of amides is 1. The number of benzene rings is 3. The Morgan fingerprint density at radius 3 is 2.24 bits per heavy atom. The normalized spacial score (nSPS) is 14.8. The molecule has 0 saturated heterocycles. The molecule has 0 N–H and O–H groups in total. The summed E-state index contributed by atoms with van der Waals surface area (Å²) in [5, 5.41) is 0.479. The minimum atomic E-state index is -0.632. The Morgan fingerprint density at radius 1 is 0.892 bits per heavy atom. The molecular formula is C31H31NO5. The number of hydrogen-bond donors (Lipinski definition) is 0. The van der Waals surface area contributed by atoms with Crippen molar-refractivity contribution >= 4 is 22.6 Å². The lowest BCUT2D eigenvalue weighted by Gasteiger charge is -2.25. The average molecular weight is 498 g/mol. The summed E-state index contributed by atoms with van der Waals surface area (Å²) in [6.07, 6.45) is 3.26. The van der Waals surface area contributed by atoms with Gasteiger partial charge < -0.3 is 13.9 Å². The molecule has 0 saturated carbocycles. The highest BCUT2D eigenvalue weighted by Gasteiger charge is 2.43. The number of fused-ring (bicyclic) bond motifs is 2. The van der Waals surface area contributed by atoms with Crippen LogP contribution >= 0.6 is 0 Å². The Morgan fingerprint density at radius 2 is 1.57 bits per heavy atom. The summed E-state index contributed by atoms with van der Waals surface area (Å²) in [5.74, 6) is 1.18. The lowest BCUT2D eigenvalue weighted by molar-refractivity contribution is 0.0971. The highest BCUT2D eigenvalue weighted by atomic mass is 16.5. The number of aryl methyl sites for hydroxylation is 2. The lowest BCUT2D eigenvalue weighted by Crippen LogP contribution is -2.29. The van der Waals surface area contributed by atoms with Gasteiger partial charge in [-0.25, -0.2) is 0 Å². The van der Waals surface area contributed by atoms with Crippen molar-refractivity contribution in [3.05, 3.63) is 98.9 Å². The third-order valence-electron chi connectivity index (χ3n) is 7.05. The van der Waals surface area contributed by atoms with E-state index in [9.17, 15) is 9.59 Å². The Bertz CT molecular complexity index is 1500. The van der Waals surface area contributed by atoms with Crippen LogP contribution in [0.5, 0.6) is 11.5 Å². The Labute approximate surface area is 216 Å². The van der Waals surface area contributed by atoms with Gasteiger partial charge in [0, 0.05) is 5.69 Å². The fourth-order valence-corrected chi connectivity index (χ4v) is 4.84. The van der Waals surface area contributed by atoms with Gasteiger partial charge in [-0.05, 0) is 85.5 Å². The van der Waals surface area contributed by atoms with E-state index in [0.29, 0.717) is 34.6 Å². The molecule has 5 rings (SSSR count). The number of carbonyl (C=O) groups is 1. The second-order valence-electron chi connectivity index (χ2n) is 9.51. The quantitative estimate of drug-likeness (QED) is 0.252. The summed E-state index contributed by atoms with van der Waals surface area (Å²) in [6, 6.07) is 17.9. The maximum atomic E-state index is 13.9. The summed E-state index contributed by atoms with van der Waals surface area (Å²) in [7, 11) is 1.60. The minimum Gasteiger partial charge on any atom is -0.497 e. The van der Waals surface area contributed by atoms with Gasteiger partial charge in [0.15, 0.2) is 5.43 Å². The maximum Gasteiger partial charge on any atom is 0.295 e.